The van der Waals surface area contributed by atoms with Crippen LogP contribution in [0.1, 0.15) is 32.4 Å². The van der Waals surface area contributed by atoms with Crippen molar-refractivity contribution < 1.29 is 14.0 Å². The highest BCUT2D eigenvalue weighted by molar-refractivity contribution is 8.18. The molecule has 0 unspecified atom stereocenters. The summed E-state index contributed by atoms with van der Waals surface area (Å²) in [5, 5.41) is -0.215. The van der Waals surface area contributed by atoms with Crippen LogP contribution in [-0.2, 0) is 4.79 Å². The lowest BCUT2D eigenvalue weighted by Gasteiger charge is -2.16. The van der Waals surface area contributed by atoms with E-state index >= 15 is 0 Å². The average Bonchev–Trinajstić information content (AvgIpc) is 3.11. The van der Waals surface area contributed by atoms with Gasteiger partial charge in [-0.25, -0.2) is 0 Å². The van der Waals surface area contributed by atoms with E-state index in [1.165, 1.54) is 17.7 Å². The van der Waals surface area contributed by atoms with Crippen molar-refractivity contribution in [3.8, 4) is 0 Å². The minimum Gasteiger partial charge on any atom is -0.441 e. The van der Waals surface area contributed by atoms with Gasteiger partial charge in [0.25, 0.3) is 11.1 Å². The molecule has 0 bridgehead atoms. The summed E-state index contributed by atoms with van der Waals surface area (Å²) in [5.41, 5.74) is 0. The van der Waals surface area contributed by atoms with Crippen LogP contribution in [0.4, 0.5) is 10.7 Å². The second-order valence-electron chi connectivity index (χ2n) is 5.52. The van der Waals surface area contributed by atoms with Gasteiger partial charge in [-0.2, -0.15) is 0 Å². The first-order valence-corrected chi connectivity index (χ1v) is 8.00. The lowest BCUT2D eigenvalue weighted by atomic mass is 10.3. The zero-order valence-corrected chi connectivity index (χ0v) is 13.0. The topological polar surface area (TPSA) is 53.8 Å². The van der Waals surface area contributed by atoms with E-state index in [1.54, 1.807) is 6.08 Å². The molecule has 2 aliphatic rings. The number of furan rings is 1. The van der Waals surface area contributed by atoms with Crippen molar-refractivity contribution in [2.45, 2.75) is 32.7 Å². The molecule has 112 valence electrons. The minimum atomic E-state index is -0.237. The Morgan fingerprint density at radius 1 is 1.24 bits per heavy atom. The largest absolute Gasteiger partial charge is 0.441 e. The molecule has 0 aliphatic carbocycles. The van der Waals surface area contributed by atoms with Crippen LogP contribution >= 0.6 is 11.8 Å². The molecule has 2 saturated heterocycles. The van der Waals surface area contributed by atoms with E-state index in [2.05, 4.69) is 4.90 Å². The van der Waals surface area contributed by atoms with Crippen LogP contribution in [0.3, 0.4) is 0 Å². The second-order valence-corrected chi connectivity index (χ2v) is 6.51. The molecular formula is C15H18N2O3S. The molecule has 0 atom stereocenters. The highest BCUT2D eigenvalue weighted by Crippen LogP contribution is 2.34. The molecule has 1 aromatic rings. The third kappa shape index (κ3) is 2.72. The fraction of sp³-hybridized carbons (Fsp3) is 0.467. The second kappa shape index (κ2) is 5.60. The number of thioether (sulfide) groups is 1. The van der Waals surface area contributed by atoms with Gasteiger partial charge in [-0.1, -0.05) is 0 Å². The Morgan fingerprint density at radius 3 is 2.57 bits per heavy atom. The zero-order chi connectivity index (χ0) is 15.0. The van der Waals surface area contributed by atoms with Crippen molar-refractivity contribution in [3.05, 3.63) is 22.8 Å². The van der Waals surface area contributed by atoms with E-state index in [9.17, 15) is 9.59 Å². The molecule has 0 aromatic carbocycles. The quantitative estimate of drug-likeness (QED) is 0.802. The molecule has 2 amide bonds. The van der Waals surface area contributed by atoms with Crippen molar-refractivity contribution >= 4 is 34.9 Å². The first kappa shape index (κ1) is 14.3. The van der Waals surface area contributed by atoms with Crippen molar-refractivity contribution in [2.24, 2.45) is 0 Å². The van der Waals surface area contributed by atoms with Gasteiger partial charge in [0, 0.05) is 31.3 Å². The van der Waals surface area contributed by atoms with Gasteiger partial charge in [0.2, 0.25) is 0 Å². The zero-order valence-electron chi connectivity index (χ0n) is 12.2. The smallest absolute Gasteiger partial charge is 0.293 e. The van der Waals surface area contributed by atoms with Crippen LogP contribution < -0.4 is 4.90 Å². The number of nitrogens with zero attached hydrogens (tertiary/aromatic N) is 2. The minimum absolute atomic E-state index is 0.125. The predicted molar refractivity (Wildman–Crippen MR) is 83.1 cm³/mol. The van der Waals surface area contributed by atoms with Crippen LogP contribution in [0.15, 0.2) is 21.5 Å². The van der Waals surface area contributed by atoms with Gasteiger partial charge in [-0.05, 0) is 44.5 Å². The Morgan fingerprint density at radius 2 is 1.95 bits per heavy atom. The molecule has 3 rings (SSSR count). The fourth-order valence-corrected chi connectivity index (χ4v) is 3.52. The Balaban J connectivity index is 1.79. The van der Waals surface area contributed by atoms with E-state index in [0.29, 0.717) is 10.7 Å². The molecule has 0 radical (unpaired) electrons. The summed E-state index contributed by atoms with van der Waals surface area (Å²) >= 11 is 0.971. The van der Waals surface area contributed by atoms with Gasteiger partial charge in [0.1, 0.15) is 5.76 Å². The van der Waals surface area contributed by atoms with Gasteiger partial charge < -0.3 is 9.32 Å². The number of anilines is 1. The molecular weight excluding hydrogens is 288 g/mol. The number of carbonyl (C=O) groups is 2. The number of hydrogen-bond acceptors (Lipinski definition) is 5. The Bertz CT molecular complexity index is 600. The molecule has 2 fully saturated rings. The van der Waals surface area contributed by atoms with Crippen LogP contribution in [0, 0.1) is 0 Å². The molecule has 0 N–H and O–H groups in total. The molecule has 5 nitrogen and oxygen atoms in total. The van der Waals surface area contributed by atoms with Crippen molar-refractivity contribution in [2.75, 3.05) is 18.0 Å². The summed E-state index contributed by atoms with van der Waals surface area (Å²) < 4.78 is 5.76. The standard InChI is InChI=1S/C15H18N2O3S/c1-10(2)17-14(18)12(21-15(17)19)9-11-5-6-13(20-11)16-7-3-4-8-16/h5-6,9-10H,3-4,7-8H2,1-2H3/b12-9+. The number of amides is 2. The van der Waals surface area contributed by atoms with Crippen LogP contribution in [-0.4, -0.2) is 35.2 Å². The number of rotatable bonds is 3. The maximum absolute atomic E-state index is 12.2. The van der Waals surface area contributed by atoms with Crippen molar-refractivity contribution in [1.82, 2.24) is 4.90 Å². The predicted octanol–water partition coefficient (Wildman–Crippen LogP) is 3.32. The number of imide groups is 1. The fourth-order valence-electron chi connectivity index (χ4n) is 2.58. The maximum Gasteiger partial charge on any atom is 0.293 e. The molecule has 2 aliphatic heterocycles. The normalized spacial score (nSPS) is 21.4. The van der Waals surface area contributed by atoms with Gasteiger partial charge in [0.05, 0.1) is 4.91 Å². The first-order valence-electron chi connectivity index (χ1n) is 7.18. The van der Waals surface area contributed by atoms with E-state index < -0.39 is 0 Å². The SMILES string of the molecule is CC(C)N1C(=O)S/C(=C/c2ccc(N3CCCC3)o2)C1=O. The van der Waals surface area contributed by atoms with E-state index in [1.807, 2.05) is 26.0 Å². The van der Waals surface area contributed by atoms with Crippen LogP contribution in [0.25, 0.3) is 6.08 Å². The summed E-state index contributed by atoms with van der Waals surface area (Å²) in [6.45, 7) is 5.68. The molecule has 0 spiro atoms. The Hall–Kier alpha value is -1.69. The average molecular weight is 306 g/mol. The highest BCUT2D eigenvalue weighted by Gasteiger charge is 2.36. The van der Waals surface area contributed by atoms with Gasteiger partial charge in [-0.15, -0.1) is 0 Å². The molecule has 6 heteroatoms. The van der Waals surface area contributed by atoms with E-state index in [4.69, 9.17) is 4.42 Å². The van der Waals surface area contributed by atoms with Crippen LogP contribution in [0.2, 0.25) is 0 Å². The van der Waals surface area contributed by atoms with Crippen molar-refractivity contribution in [3.63, 3.8) is 0 Å². The van der Waals surface area contributed by atoms with Gasteiger partial charge in [0.15, 0.2) is 5.88 Å². The van der Waals surface area contributed by atoms with Crippen LogP contribution in [0.5, 0.6) is 0 Å². The Kier molecular flexibility index (Phi) is 3.80. The third-order valence-electron chi connectivity index (χ3n) is 3.64. The summed E-state index contributed by atoms with van der Waals surface area (Å²) in [4.78, 5) is 27.9. The highest BCUT2D eigenvalue weighted by atomic mass is 32.2. The Labute approximate surface area is 128 Å². The number of hydrogen-bond donors (Lipinski definition) is 0. The van der Waals surface area contributed by atoms with Crippen molar-refractivity contribution in [1.29, 1.82) is 0 Å². The molecule has 3 heterocycles. The molecule has 1 aromatic heterocycles. The third-order valence-corrected chi connectivity index (χ3v) is 4.53. The molecule has 21 heavy (non-hydrogen) atoms. The summed E-state index contributed by atoms with van der Waals surface area (Å²) in [5.74, 6) is 1.21. The van der Waals surface area contributed by atoms with E-state index in [-0.39, 0.29) is 17.2 Å². The van der Waals surface area contributed by atoms with Gasteiger partial charge >= 0.3 is 0 Å². The maximum atomic E-state index is 12.2. The first-order chi connectivity index (χ1) is 10.1. The number of carbonyl (C=O) groups excluding carboxylic acids is 2. The summed E-state index contributed by atoms with van der Waals surface area (Å²) in [7, 11) is 0. The monoisotopic (exact) mass is 306 g/mol. The lowest BCUT2D eigenvalue weighted by molar-refractivity contribution is -0.123. The summed E-state index contributed by atoms with van der Waals surface area (Å²) in [6.07, 6.45) is 4.03. The van der Waals surface area contributed by atoms with E-state index in [0.717, 1.165) is 30.7 Å². The summed E-state index contributed by atoms with van der Waals surface area (Å²) in [6, 6.07) is 3.64. The molecule has 0 saturated carbocycles. The van der Waals surface area contributed by atoms with Gasteiger partial charge in [-0.3, -0.25) is 14.5 Å². The lowest BCUT2D eigenvalue weighted by Crippen LogP contribution is -2.34.